The number of alkyl halides is 7. The summed E-state index contributed by atoms with van der Waals surface area (Å²) in [7, 11) is 0. The van der Waals surface area contributed by atoms with E-state index in [9.17, 15) is 49.9 Å². The molecule has 0 aromatic carbocycles. The smallest absolute Gasteiger partial charge is 0.460 e. The Bertz CT molecular complexity index is 1280. The maximum Gasteiger partial charge on any atom is 0.460 e. The molecular weight excluding hydrogens is 629 g/mol. The fourth-order valence-corrected chi connectivity index (χ4v) is 6.86. The number of ether oxygens (including phenoxy) is 6. The SMILES string of the molecule is CC(=O)OCC12CC(OC(=O)CC(C)C)C(C)=CC1OC1C(OC(=O)C(F)(F)C(F)(F)C(F)(F)F)C(OC(C)=O)C2(C)C12CO2. The average Bonchev–Trinajstić information content (AvgIpc) is 3.67. The molecule has 0 aromatic heterocycles. The third-order valence-electron chi connectivity index (χ3n) is 9.23. The molecule has 8 unspecified atom stereocenters. The summed E-state index contributed by atoms with van der Waals surface area (Å²) in [4.78, 5) is 49.5. The van der Waals surface area contributed by atoms with E-state index in [1.807, 2.05) is 0 Å². The van der Waals surface area contributed by atoms with E-state index in [4.69, 9.17) is 28.4 Å². The summed E-state index contributed by atoms with van der Waals surface area (Å²) >= 11 is 0. The third-order valence-corrected chi connectivity index (χ3v) is 9.23. The molecule has 4 rings (SSSR count). The van der Waals surface area contributed by atoms with E-state index in [1.54, 1.807) is 20.8 Å². The molecular formula is C28H33F7O10. The highest BCUT2D eigenvalue weighted by Crippen LogP contribution is 2.72. The predicted molar refractivity (Wildman–Crippen MR) is 134 cm³/mol. The first-order chi connectivity index (χ1) is 20.5. The fraction of sp³-hybridized carbons (Fsp3) is 0.786. The summed E-state index contributed by atoms with van der Waals surface area (Å²) in [5.74, 6) is -19.0. The van der Waals surface area contributed by atoms with Gasteiger partial charge >= 0.3 is 41.9 Å². The van der Waals surface area contributed by atoms with Gasteiger partial charge in [-0.15, -0.1) is 0 Å². The number of rotatable bonds is 9. The van der Waals surface area contributed by atoms with E-state index in [0.29, 0.717) is 5.57 Å². The Morgan fingerprint density at radius 2 is 1.60 bits per heavy atom. The first kappa shape index (κ1) is 34.9. The van der Waals surface area contributed by atoms with Crippen molar-refractivity contribution in [1.29, 1.82) is 0 Å². The van der Waals surface area contributed by atoms with Crippen LogP contribution in [0.2, 0.25) is 0 Å². The number of esters is 4. The lowest BCUT2D eigenvalue weighted by atomic mass is 9.51. The van der Waals surface area contributed by atoms with Gasteiger partial charge in [0.1, 0.15) is 24.4 Å². The maximum absolute atomic E-state index is 14.4. The molecule has 1 spiro atoms. The lowest BCUT2D eigenvalue weighted by Gasteiger charge is -2.58. The number of hydrogen-bond donors (Lipinski definition) is 0. The van der Waals surface area contributed by atoms with Crippen molar-refractivity contribution in [3.63, 3.8) is 0 Å². The van der Waals surface area contributed by atoms with Gasteiger partial charge in [-0.3, -0.25) is 14.4 Å². The Balaban J connectivity index is 1.84. The Morgan fingerprint density at radius 1 is 1.00 bits per heavy atom. The van der Waals surface area contributed by atoms with Crippen LogP contribution in [-0.2, 0) is 47.6 Å². The summed E-state index contributed by atoms with van der Waals surface area (Å²) < 4.78 is 128. The summed E-state index contributed by atoms with van der Waals surface area (Å²) in [6, 6.07) is 0. The van der Waals surface area contributed by atoms with E-state index in [2.05, 4.69) is 0 Å². The Hall–Kier alpha value is -2.95. The molecule has 17 heteroatoms. The number of fused-ring (bicyclic) bond motifs is 2. The highest BCUT2D eigenvalue weighted by molar-refractivity contribution is 5.79. The minimum absolute atomic E-state index is 0.0396. The van der Waals surface area contributed by atoms with Gasteiger partial charge in [0.2, 0.25) is 0 Å². The van der Waals surface area contributed by atoms with Crippen LogP contribution in [0.3, 0.4) is 0 Å². The van der Waals surface area contributed by atoms with Crippen LogP contribution in [-0.4, -0.2) is 91.2 Å². The number of hydrogen-bond acceptors (Lipinski definition) is 10. The van der Waals surface area contributed by atoms with E-state index < -0.39 is 95.5 Å². The van der Waals surface area contributed by atoms with Gasteiger partial charge in [-0.25, -0.2) is 4.79 Å². The zero-order valence-electron chi connectivity index (χ0n) is 25.1. The highest BCUT2D eigenvalue weighted by Gasteiger charge is 2.88. The Labute approximate surface area is 252 Å². The molecule has 2 heterocycles. The Morgan fingerprint density at radius 3 is 2.09 bits per heavy atom. The standard InChI is InChI=1S/C28H33F7O10/c1-12(2)7-18(38)43-16-9-24(10-40-14(4)36)17(8-13(16)3)44-21-19(20(42-15(5)37)23(24,6)25(21)11-41-25)45-22(39)26(29,30)27(31,32)28(33,34)35/h8,12,16-17,19-21H,7,9-11H2,1-6H3. The fourth-order valence-electron chi connectivity index (χ4n) is 6.86. The molecule has 254 valence electrons. The third kappa shape index (κ3) is 5.26. The van der Waals surface area contributed by atoms with Crippen LogP contribution in [0.4, 0.5) is 30.7 Å². The van der Waals surface area contributed by atoms with Gasteiger partial charge < -0.3 is 28.4 Å². The molecule has 2 saturated heterocycles. The summed E-state index contributed by atoms with van der Waals surface area (Å²) in [6.07, 6.45) is -13.3. The van der Waals surface area contributed by atoms with Crippen LogP contribution in [0, 0.1) is 16.7 Å². The van der Waals surface area contributed by atoms with E-state index >= 15 is 0 Å². The molecule has 10 nitrogen and oxygen atoms in total. The van der Waals surface area contributed by atoms with Crippen molar-refractivity contribution in [2.45, 2.75) is 109 Å². The Kier molecular flexibility index (Phi) is 8.61. The normalized spacial score (nSPS) is 35.8. The van der Waals surface area contributed by atoms with Crippen LogP contribution in [0.1, 0.15) is 54.4 Å². The summed E-state index contributed by atoms with van der Waals surface area (Å²) in [5.41, 5.74) is -4.49. The maximum atomic E-state index is 14.4. The topological polar surface area (TPSA) is 127 Å². The molecule has 0 radical (unpaired) electrons. The number of carbonyl (C=O) groups excluding carboxylic acids is 4. The van der Waals surface area contributed by atoms with Gasteiger partial charge in [-0.2, -0.15) is 30.7 Å². The summed E-state index contributed by atoms with van der Waals surface area (Å²) in [6.45, 7) is 7.80. The second kappa shape index (κ2) is 11.1. The van der Waals surface area contributed by atoms with Gasteiger partial charge in [0.05, 0.1) is 23.5 Å². The minimum atomic E-state index is -6.83. The molecule has 2 aliphatic carbocycles. The van der Waals surface area contributed by atoms with Crippen LogP contribution >= 0.6 is 0 Å². The molecule has 2 bridgehead atoms. The molecule has 1 saturated carbocycles. The molecule has 3 fully saturated rings. The molecule has 0 aromatic rings. The zero-order valence-corrected chi connectivity index (χ0v) is 25.1. The van der Waals surface area contributed by atoms with Crippen LogP contribution < -0.4 is 0 Å². The van der Waals surface area contributed by atoms with Gasteiger partial charge in [-0.1, -0.05) is 26.8 Å². The van der Waals surface area contributed by atoms with Crippen LogP contribution in [0.15, 0.2) is 11.6 Å². The van der Waals surface area contributed by atoms with Crippen molar-refractivity contribution in [2.24, 2.45) is 16.7 Å². The molecule has 2 aliphatic heterocycles. The zero-order chi connectivity index (χ0) is 34.1. The highest BCUT2D eigenvalue weighted by atomic mass is 19.4. The molecule has 0 amide bonds. The molecule has 45 heavy (non-hydrogen) atoms. The first-order valence-electron chi connectivity index (χ1n) is 14.0. The van der Waals surface area contributed by atoms with Gasteiger partial charge in [0.25, 0.3) is 0 Å². The lowest BCUT2D eigenvalue weighted by molar-refractivity contribution is -0.349. The van der Waals surface area contributed by atoms with Crippen molar-refractivity contribution in [2.75, 3.05) is 13.2 Å². The van der Waals surface area contributed by atoms with E-state index in [-0.39, 0.29) is 25.4 Å². The van der Waals surface area contributed by atoms with Gasteiger partial charge in [0.15, 0.2) is 12.2 Å². The minimum Gasteiger partial charge on any atom is -0.465 e. The largest absolute Gasteiger partial charge is 0.465 e. The van der Waals surface area contributed by atoms with Crippen molar-refractivity contribution in [3.05, 3.63) is 11.6 Å². The summed E-state index contributed by atoms with van der Waals surface area (Å²) in [5, 5.41) is 0. The second-order valence-corrected chi connectivity index (χ2v) is 12.5. The molecule has 8 atom stereocenters. The number of epoxide rings is 1. The first-order valence-corrected chi connectivity index (χ1v) is 14.0. The number of halogens is 7. The van der Waals surface area contributed by atoms with Crippen molar-refractivity contribution in [1.82, 2.24) is 0 Å². The van der Waals surface area contributed by atoms with Crippen molar-refractivity contribution < 1.29 is 78.3 Å². The predicted octanol–water partition coefficient (Wildman–Crippen LogP) is 4.08. The second-order valence-electron chi connectivity index (χ2n) is 12.5. The quantitative estimate of drug-likeness (QED) is 0.117. The number of carbonyl (C=O) groups is 4. The monoisotopic (exact) mass is 662 g/mol. The molecule has 4 aliphatic rings. The van der Waals surface area contributed by atoms with Crippen molar-refractivity contribution >= 4 is 23.9 Å². The van der Waals surface area contributed by atoms with Crippen LogP contribution in [0.5, 0.6) is 0 Å². The van der Waals surface area contributed by atoms with Crippen molar-refractivity contribution in [3.8, 4) is 0 Å². The lowest BCUT2D eigenvalue weighted by Crippen LogP contribution is -2.68. The van der Waals surface area contributed by atoms with E-state index in [1.165, 1.54) is 13.0 Å². The average molecular weight is 663 g/mol. The van der Waals surface area contributed by atoms with Gasteiger partial charge in [0, 0.05) is 26.7 Å². The van der Waals surface area contributed by atoms with E-state index in [0.717, 1.165) is 13.8 Å². The van der Waals surface area contributed by atoms with Crippen LogP contribution in [0.25, 0.3) is 0 Å². The van der Waals surface area contributed by atoms with Gasteiger partial charge in [-0.05, 0) is 18.4 Å². The molecule has 0 N–H and O–H groups in total.